The molecule has 1 aliphatic heterocycles. The van der Waals surface area contributed by atoms with Crippen LogP contribution in [0.5, 0.6) is 0 Å². The smallest absolute Gasteiger partial charge is 0.339 e. The van der Waals surface area contributed by atoms with Crippen LogP contribution in [0.2, 0.25) is 0 Å². The first-order chi connectivity index (χ1) is 14.9. The number of carbonyl (C=O) groups excluding carboxylic acids is 1. The van der Waals surface area contributed by atoms with Gasteiger partial charge in [-0.1, -0.05) is 84.9 Å². The van der Waals surface area contributed by atoms with E-state index in [4.69, 9.17) is 0 Å². The number of hydrogen-bond acceptors (Lipinski definition) is 1. The first-order valence-electron chi connectivity index (χ1n) is 9.99. The number of hydrogen-bond donors (Lipinski definition) is 0. The number of rotatable bonds is 3. The molecule has 0 unspecified atom stereocenters. The SMILES string of the molecule is O=C(c1ccccc1)c1c(C(F)(F)F)c2n(c1-c1ccccc1)Cc1ccccc1C2. The van der Waals surface area contributed by atoms with Crippen molar-refractivity contribution in [2.24, 2.45) is 0 Å². The van der Waals surface area contributed by atoms with Gasteiger partial charge in [0.05, 0.1) is 16.8 Å². The first kappa shape index (κ1) is 19.4. The topological polar surface area (TPSA) is 22.0 Å². The van der Waals surface area contributed by atoms with Gasteiger partial charge >= 0.3 is 6.18 Å². The van der Waals surface area contributed by atoms with Crippen LogP contribution in [0.15, 0.2) is 84.9 Å². The highest BCUT2D eigenvalue weighted by Crippen LogP contribution is 2.45. The molecule has 2 heterocycles. The van der Waals surface area contributed by atoms with E-state index in [0.717, 1.165) is 11.1 Å². The minimum atomic E-state index is -4.66. The van der Waals surface area contributed by atoms with E-state index in [9.17, 15) is 18.0 Å². The lowest BCUT2D eigenvalue weighted by atomic mass is 9.94. The maximum absolute atomic E-state index is 14.5. The van der Waals surface area contributed by atoms with Crippen molar-refractivity contribution in [3.05, 3.63) is 118 Å². The lowest BCUT2D eigenvalue weighted by Crippen LogP contribution is -2.18. The third-order valence-electron chi connectivity index (χ3n) is 5.77. The zero-order valence-corrected chi connectivity index (χ0v) is 16.5. The highest BCUT2D eigenvalue weighted by molar-refractivity contribution is 6.14. The summed E-state index contributed by atoms with van der Waals surface area (Å²) in [5.74, 6) is -0.613. The van der Waals surface area contributed by atoms with Crippen molar-refractivity contribution in [3.8, 4) is 11.3 Å². The van der Waals surface area contributed by atoms with E-state index in [2.05, 4.69) is 0 Å². The summed E-state index contributed by atoms with van der Waals surface area (Å²) in [6, 6.07) is 24.5. The Bertz CT molecular complexity index is 1270. The third kappa shape index (κ3) is 3.26. The molecule has 0 aliphatic carbocycles. The maximum atomic E-state index is 14.5. The Hall–Kier alpha value is -3.60. The van der Waals surface area contributed by atoms with Crippen LogP contribution < -0.4 is 0 Å². The molecular formula is C26H18F3NO. The summed E-state index contributed by atoms with van der Waals surface area (Å²) < 4.78 is 45.0. The van der Waals surface area contributed by atoms with Crippen molar-refractivity contribution < 1.29 is 18.0 Å². The van der Waals surface area contributed by atoms with E-state index < -0.39 is 17.5 Å². The Morgan fingerprint density at radius 2 is 1.35 bits per heavy atom. The van der Waals surface area contributed by atoms with E-state index in [1.165, 1.54) is 0 Å². The minimum Gasteiger partial charge on any atom is -0.339 e. The van der Waals surface area contributed by atoms with Crippen LogP contribution >= 0.6 is 0 Å². The van der Waals surface area contributed by atoms with Gasteiger partial charge in [-0.05, 0) is 16.7 Å². The summed E-state index contributed by atoms with van der Waals surface area (Å²) in [6.07, 6.45) is -4.52. The van der Waals surface area contributed by atoms with Gasteiger partial charge in [0.25, 0.3) is 0 Å². The molecule has 0 spiro atoms. The van der Waals surface area contributed by atoms with Gasteiger partial charge < -0.3 is 4.57 Å². The van der Waals surface area contributed by atoms with Crippen LogP contribution in [-0.4, -0.2) is 10.4 Å². The molecule has 5 heteroatoms. The number of ketones is 1. The van der Waals surface area contributed by atoms with Crippen molar-refractivity contribution in [1.29, 1.82) is 0 Å². The number of halogens is 3. The average Bonchev–Trinajstić information content (AvgIpc) is 3.12. The van der Waals surface area contributed by atoms with Crippen molar-refractivity contribution in [2.45, 2.75) is 19.1 Å². The van der Waals surface area contributed by atoms with Gasteiger partial charge in [-0.15, -0.1) is 0 Å². The molecule has 4 aromatic rings. The van der Waals surface area contributed by atoms with Gasteiger partial charge in [-0.25, -0.2) is 0 Å². The standard InChI is InChI=1S/C26H18F3NO/c27-26(28,29)23-21-15-19-13-7-8-14-20(19)16-30(21)24(17-9-3-1-4-10-17)22(23)25(31)18-11-5-2-6-12-18/h1-14H,15-16H2. The number of carbonyl (C=O) groups is 1. The minimum absolute atomic E-state index is 0.132. The van der Waals surface area contributed by atoms with E-state index in [-0.39, 0.29) is 23.2 Å². The zero-order valence-electron chi connectivity index (χ0n) is 16.5. The number of nitrogens with zero attached hydrogens (tertiary/aromatic N) is 1. The zero-order chi connectivity index (χ0) is 21.6. The Labute approximate surface area is 177 Å². The Morgan fingerprint density at radius 3 is 2.00 bits per heavy atom. The summed E-state index contributed by atoms with van der Waals surface area (Å²) >= 11 is 0. The number of fused-ring (bicyclic) bond motifs is 2. The highest BCUT2D eigenvalue weighted by atomic mass is 19.4. The third-order valence-corrected chi connectivity index (χ3v) is 5.77. The van der Waals surface area contributed by atoms with Crippen LogP contribution in [-0.2, 0) is 19.1 Å². The Balaban J connectivity index is 1.85. The Kier molecular flexibility index (Phi) is 4.54. The first-order valence-corrected chi connectivity index (χ1v) is 9.99. The molecule has 0 bridgehead atoms. The molecule has 5 rings (SSSR count). The van der Waals surface area contributed by atoms with Gasteiger partial charge in [-0.2, -0.15) is 13.2 Å². The monoisotopic (exact) mass is 417 g/mol. The summed E-state index contributed by atoms with van der Waals surface area (Å²) in [6.45, 7) is 0.293. The summed E-state index contributed by atoms with van der Waals surface area (Å²) in [7, 11) is 0. The van der Waals surface area contributed by atoms with E-state index >= 15 is 0 Å². The second-order valence-corrected chi connectivity index (χ2v) is 7.64. The molecule has 0 radical (unpaired) electrons. The van der Waals surface area contributed by atoms with Crippen molar-refractivity contribution in [1.82, 2.24) is 4.57 Å². The van der Waals surface area contributed by atoms with Crippen molar-refractivity contribution in [3.63, 3.8) is 0 Å². The van der Waals surface area contributed by atoms with Gasteiger partial charge in [0.1, 0.15) is 0 Å². The van der Waals surface area contributed by atoms with Crippen molar-refractivity contribution in [2.75, 3.05) is 0 Å². The summed E-state index contributed by atoms with van der Waals surface area (Å²) in [5, 5.41) is 0. The lowest BCUT2D eigenvalue weighted by Gasteiger charge is -2.22. The van der Waals surface area contributed by atoms with Crippen LogP contribution in [0.25, 0.3) is 11.3 Å². The fourth-order valence-electron chi connectivity index (χ4n) is 4.42. The highest BCUT2D eigenvalue weighted by Gasteiger charge is 2.44. The predicted octanol–water partition coefficient (Wildman–Crippen LogP) is 6.36. The van der Waals surface area contributed by atoms with Crippen LogP contribution in [0.3, 0.4) is 0 Å². The molecule has 1 aliphatic rings. The lowest BCUT2D eigenvalue weighted by molar-refractivity contribution is -0.138. The second kappa shape index (κ2) is 7.27. The molecule has 0 N–H and O–H groups in total. The Morgan fingerprint density at radius 1 is 0.774 bits per heavy atom. The molecular weight excluding hydrogens is 399 g/mol. The fraction of sp³-hybridized carbons (Fsp3) is 0.115. The molecule has 3 aromatic carbocycles. The fourth-order valence-corrected chi connectivity index (χ4v) is 4.42. The molecule has 2 nitrogen and oxygen atoms in total. The number of aromatic nitrogens is 1. The quantitative estimate of drug-likeness (QED) is 0.313. The largest absolute Gasteiger partial charge is 0.418 e. The van der Waals surface area contributed by atoms with Crippen LogP contribution in [0, 0.1) is 0 Å². The molecule has 0 saturated heterocycles. The van der Waals surface area contributed by atoms with E-state index in [1.54, 1.807) is 59.2 Å². The van der Waals surface area contributed by atoms with Gasteiger partial charge in [0.2, 0.25) is 0 Å². The maximum Gasteiger partial charge on any atom is 0.418 e. The molecule has 31 heavy (non-hydrogen) atoms. The second-order valence-electron chi connectivity index (χ2n) is 7.64. The molecule has 0 fully saturated rings. The summed E-state index contributed by atoms with van der Waals surface area (Å²) in [4.78, 5) is 13.5. The normalized spacial score (nSPS) is 12.9. The predicted molar refractivity (Wildman–Crippen MR) is 113 cm³/mol. The van der Waals surface area contributed by atoms with Gasteiger partial charge in [-0.3, -0.25) is 4.79 Å². The van der Waals surface area contributed by atoms with E-state index in [1.807, 2.05) is 30.3 Å². The summed E-state index contributed by atoms with van der Waals surface area (Å²) in [5.41, 5.74) is 2.03. The molecule has 154 valence electrons. The number of benzene rings is 3. The average molecular weight is 417 g/mol. The van der Waals surface area contributed by atoms with E-state index in [0.29, 0.717) is 17.8 Å². The van der Waals surface area contributed by atoms with Crippen LogP contribution in [0.4, 0.5) is 13.2 Å². The molecule has 1 aromatic heterocycles. The molecule has 0 atom stereocenters. The van der Waals surface area contributed by atoms with Crippen LogP contribution in [0.1, 0.15) is 38.3 Å². The van der Waals surface area contributed by atoms with Gasteiger partial charge in [0.15, 0.2) is 5.78 Å². The van der Waals surface area contributed by atoms with Crippen molar-refractivity contribution >= 4 is 5.78 Å². The molecule has 0 amide bonds. The molecule has 0 saturated carbocycles. The van der Waals surface area contributed by atoms with Gasteiger partial charge in [0, 0.05) is 24.2 Å². The number of alkyl halides is 3.